The average Bonchev–Trinajstić information content (AvgIpc) is 2.32. The van der Waals surface area contributed by atoms with Crippen LogP contribution in [0.3, 0.4) is 0 Å². The molecule has 0 aliphatic heterocycles. The largest absolute Gasteiger partial charge is 0.508 e. The number of rotatable bonds is 3. The molecule has 0 saturated heterocycles. The standard InChI is InChI=1S/C14H14O3/c1-2-10(14(16)17)13-11-6-4-3-5-9(11)7-8-12(13)15/h3-8,10,15H,2H2,1H3,(H,16,17). The van der Waals surface area contributed by atoms with Crippen LogP contribution in [-0.2, 0) is 4.79 Å². The third-order valence-corrected chi connectivity index (χ3v) is 3.00. The molecule has 0 spiro atoms. The van der Waals surface area contributed by atoms with Gasteiger partial charge in [0.05, 0.1) is 5.92 Å². The van der Waals surface area contributed by atoms with Gasteiger partial charge in [-0.1, -0.05) is 37.3 Å². The Morgan fingerprint density at radius 3 is 2.59 bits per heavy atom. The number of carboxylic acids is 1. The molecule has 2 N–H and O–H groups in total. The van der Waals surface area contributed by atoms with Gasteiger partial charge in [0.25, 0.3) is 0 Å². The van der Waals surface area contributed by atoms with Crippen molar-refractivity contribution in [1.82, 2.24) is 0 Å². The lowest BCUT2D eigenvalue weighted by Crippen LogP contribution is -2.11. The molecule has 0 heterocycles. The SMILES string of the molecule is CCC(C(=O)O)c1c(O)ccc2ccccc12. The molecule has 88 valence electrons. The quantitative estimate of drug-likeness (QED) is 0.851. The third-order valence-electron chi connectivity index (χ3n) is 3.00. The lowest BCUT2D eigenvalue weighted by Gasteiger charge is -2.15. The molecule has 0 radical (unpaired) electrons. The fourth-order valence-corrected chi connectivity index (χ4v) is 2.15. The summed E-state index contributed by atoms with van der Waals surface area (Å²) in [5.74, 6) is -1.52. The van der Waals surface area contributed by atoms with Crippen LogP contribution in [0, 0.1) is 0 Å². The van der Waals surface area contributed by atoms with Crippen LogP contribution in [0.2, 0.25) is 0 Å². The smallest absolute Gasteiger partial charge is 0.311 e. The molecular weight excluding hydrogens is 216 g/mol. The third kappa shape index (κ3) is 1.96. The minimum atomic E-state index is -0.904. The Hall–Kier alpha value is -2.03. The van der Waals surface area contributed by atoms with Gasteiger partial charge in [0.15, 0.2) is 0 Å². The van der Waals surface area contributed by atoms with Gasteiger partial charge >= 0.3 is 5.97 Å². The summed E-state index contributed by atoms with van der Waals surface area (Å²) < 4.78 is 0. The molecule has 2 aromatic carbocycles. The molecule has 2 rings (SSSR count). The first kappa shape index (κ1) is 11.5. The predicted octanol–water partition coefficient (Wildman–Crippen LogP) is 3.12. The van der Waals surface area contributed by atoms with E-state index in [2.05, 4.69) is 0 Å². The van der Waals surface area contributed by atoms with Gasteiger partial charge in [0.2, 0.25) is 0 Å². The fourth-order valence-electron chi connectivity index (χ4n) is 2.15. The summed E-state index contributed by atoms with van der Waals surface area (Å²) in [5, 5.41) is 20.8. The van der Waals surface area contributed by atoms with E-state index in [4.69, 9.17) is 0 Å². The molecule has 0 fully saturated rings. The van der Waals surface area contributed by atoms with Crippen molar-refractivity contribution in [1.29, 1.82) is 0 Å². The number of benzene rings is 2. The number of fused-ring (bicyclic) bond motifs is 1. The van der Waals surface area contributed by atoms with Gasteiger partial charge in [0.1, 0.15) is 5.75 Å². The summed E-state index contributed by atoms with van der Waals surface area (Å²) in [6.45, 7) is 1.81. The van der Waals surface area contributed by atoms with E-state index >= 15 is 0 Å². The van der Waals surface area contributed by atoms with Crippen LogP contribution in [0.15, 0.2) is 36.4 Å². The van der Waals surface area contributed by atoms with Crippen molar-refractivity contribution in [3.8, 4) is 5.75 Å². The van der Waals surface area contributed by atoms with Crippen LogP contribution in [0.1, 0.15) is 24.8 Å². The van der Waals surface area contributed by atoms with E-state index in [9.17, 15) is 15.0 Å². The normalized spacial score (nSPS) is 12.5. The molecule has 0 aromatic heterocycles. The van der Waals surface area contributed by atoms with E-state index in [0.717, 1.165) is 10.8 Å². The lowest BCUT2D eigenvalue weighted by molar-refractivity contribution is -0.138. The van der Waals surface area contributed by atoms with Crippen molar-refractivity contribution in [3.05, 3.63) is 42.0 Å². The minimum absolute atomic E-state index is 0.0537. The topological polar surface area (TPSA) is 57.5 Å². The predicted molar refractivity (Wildman–Crippen MR) is 66.3 cm³/mol. The first-order chi connectivity index (χ1) is 8.15. The van der Waals surface area contributed by atoms with Gasteiger partial charge in [-0.2, -0.15) is 0 Å². The van der Waals surface area contributed by atoms with E-state index in [1.54, 1.807) is 19.1 Å². The Balaban J connectivity index is 2.73. The monoisotopic (exact) mass is 230 g/mol. The highest BCUT2D eigenvalue weighted by Gasteiger charge is 2.23. The molecule has 1 unspecified atom stereocenters. The Bertz CT molecular complexity index is 560. The zero-order valence-corrected chi connectivity index (χ0v) is 9.55. The fraction of sp³-hybridized carbons (Fsp3) is 0.214. The van der Waals surface area contributed by atoms with Gasteiger partial charge in [-0.25, -0.2) is 0 Å². The highest BCUT2D eigenvalue weighted by molar-refractivity contribution is 5.92. The molecule has 2 aromatic rings. The van der Waals surface area contributed by atoms with Crippen molar-refractivity contribution >= 4 is 16.7 Å². The second-order valence-corrected chi connectivity index (χ2v) is 4.02. The number of carbonyl (C=O) groups is 1. The Labute approximate surface area is 99.3 Å². The number of hydrogen-bond acceptors (Lipinski definition) is 2. The second kappa shape index (κ2) is 4.45. The molecule has 0 amide bonds. The molecule has 1 atom stereocenters. The zero-order chi connectivity index (χ0) is 12.4. The molecule has 0 bridgehead atoms. The first-order valence-corrected chi connectivity index (χ1v) is 5.58. The maximum Gasteiger partial charge on any atom is 0.311 e. The molecular formula is C14H14O3. The van der Waals surface area contributed by atoms with E-state index in [-0.39, 0.29) is 5.75 Å². The van der Waals surface area contributed by atoms with Crippen molar-refractivity contribution in [2.75, 3.05) is 0 Å². The van der Waals surface area contributed by atoms with Crippen LogP contribution in [0.25, 0.3) is 10.8 Å². The van der Waals surface area contributed by atoms with E-state index in [1.807, 2.05) is 24.3 Å². The number of aliphatic carboxylic acids is 1. The summed E-state index contributed by atoms with van der Waals surface area (Å²) in [5.41, 5.74) is 0.512. The molecule has 17 heavy (non-hydrogen) atoms. The first-order valence-electron chi connectivity index (χ1n) is 5.58. The van der Waals surface area contributed by atoms with Gasteiger partial charge in [-0.15, -0.1) is 0 Å². The van der Waals surface area contributed by atoms with Crippen LogP contribution < -0.4 is 0 Å². The summed E-state index contributed by atoms with van der Waals surface area (Å²) in [6.07, 6.45) is 0.455. The number of carboxylic acid groups (broad SMARTS) is 1. The van der Waals surface area contributed by atoms with Crippen molar-refractivity contribution in [2.24, 2.45) is 0 Å². The van der Waals surface area contributed by atoms with Crippen LogP contribution in [0.4, 0.5) is 0 Å². The second-order valence-electron chi connectivity index (χ2n) is 4.02. The molecule has 3 heteroatoms. The highest BCUT2D eigenvalue weighted by atomic mass is 16.4. The van der Waals surface area contributed by atoms with Gasteiger partial charge < -0.3 is 10.2 Å². The highest BCUT2D eigenvalue weighted by Crippen LogP contribution is 2.35. The maximum absolute atomic E-state index is 11.2. The van der Waals surface area contributed by atoms with Gasteiger partial charge in [-0.05, 0) is 23.3 Å². The van der Waals surface area contributed by atoms with Gasteiger partial charge in [-0.3, -0.25) is 4.79 Å². The molecule has 0 aliphatic carbocycles. The molecule has 3 nitrogen and oxygen atoms in total. The van der Waals surface area contributed by atoms with Crippen molar-refractivity contribution in [2.45, 2.75) is 19.3 Å². The maximum atomic E-state index is 11.2. The average molecular weight is 230 g/mol. The number of aromatic hydroxyl groups is 1. The van der Waals surface area contributed by atoms with E-state index < -0.39 is 11.9 Å². The summed E-state index contributed by atoms with van der Waals surface area (Å²) in [4.78, 5) is 11.2. The van der Waals surface area contributed by atoms with Crippen molar-refractivity contribution < 1.29 is 15.0 Å². The number of phenols is 1. The molecule has 0 saturated carbocycles. The molecule has 0 aliphatic rings. The summed E-state index contributed by atoms with van der Waals surface area (Å²) in [7, 11) is 0. The summed E-state index contributed by atoms with van der Waals surface area (Å²) >= 11 is 0. The van der Waals surface area contributed by atoms with E-state index in [1.165, 1.54) is 0 Å². The van der Waals surface area contributed by atoms with Crippen LogP contribution in [0.5, 0.6) is 5.75 Å². The van der Waals surface area contributed by atoms with Gasteiger partial charge in [0, 0.05) is 5.56 Å². The Kier molecular flexibility index (Phi) is 3.00. The summed E-state index contributed by atoms with van der Waals surface area (Å²) in [6, 6.07) is 10.8. The van der Waals surface area contributed by atoms with Crippen molar-refractivity contribution in [3.63, 3.8) is 0 Å². The lowest BCUT2D eigenvalue weighted by atomic mass is 9.91. The van der Waals surface area contributed by atoms with Crippen LogP contribution >= 0.6 is 0 Å². The minimum Gasteiger partial charge on any atom is -0.508 e. The van der Waals surface area contributed by atoms with Crippen LogP contribution in [-0.4, -0.2) is 16.2 Å². The number of phenolic OH excluding ortho intramolecular Hbond substituents is 1. The Morgan fingerprint density at radius 1 is 1.24 bits per heavy atom. The number of hydrogen-bond donors (Lipinski definition) is 2. The van der Waals surface area contributed by atoms with E-state index in [0.29, 0.717) is 12.0 Å². The Morgan fingerprint density at radius 2 is 1.94 bits per heavy atom. The zero-order valence-electron chi connectivity index (χ0n) is 9.55.